The van der Waals surface area contributed by atoms with E-state index in [1.54, 1.807) is 12.4 Å². The summed E-state index contributed by atoms with van der Waals surface area (Å²) in [6, 6.07) is 2.13. The number of rotatable bonds is 3. The molecule has 2 heterocycles. The summed E-state index contributed by atoms with van der Waals surface area (Å²) in [7, 11) is 0. The third-order valence-corrected chi connectivity index (χ3v) is 5.43. The number of hydrogen-bond acceptors (Lipinski definition) is 4. The Hall–Kier alpha value is -1.65. The van der Waals surface area contributed by atoms with Crippen molar-refractivity contribution in [2.24, 2.45) is 17.3 Å². The number of nitrogens with one attached hydrogen (secondary N) is 1. The molecule has 24 heavy (non-hydrogen) atoms. The van der Waals surface area contributed by atoms with Crippen LogP contribution in [-0.4, -0.2) is 35.0 Å². The van der Waals surface area contributed by atoms with Gasteiger partial charge in [0.25, 0.3) is 0 Å². The number of hydrogen-bond donors (Lipinski definition) is 1. The van der Waals surface area contributed by atoms with Crippen LogP contribution in [0.2, 0.25) is 0 Å². The molecule has 0 aromatic carbocycles. The first-order chi connectivity index (χ1) is 11.4. The maximum absolute atomic E-state index is 12.7. The van der Waals surface area contributed by atoms with Crippen molar-refractivity contribution in [3.63, 3.8) is 0 Å². The van der Waals surface area contributed by atoms with E-state index >= 15 is 0 Å². The number of nitrogens with zero attached hydrogens (tertiary/aromatic N) is 3. The Labute approximate surface area is 145 Å². The van der Waals surface area contributed by atoms with Gasteiger partial charge in [-0.2, -0.15) is 0 Å². The Morgan fingerprint density at radius 1 is 1.21 bits per heavy atom. The summed E-state index contributed by atoms with van der Waals surface area (Å²) < 4.78 is 0. The zero-order valence-corrected chi connectivity index (χ0v) is 15.2. The fraction of sp³-hybridized carbons (Fsp3) is 0.737. The third-order valence-electron chi connectivity index (χ3n) is 5.43. The minimum absolute atomic E-state index is 0.180. The molecule has 132 valence electrons. The van der Waals surface area contributed by atoms with Gasteiger partial charge in [-0.3, -0.25) is 4.79 Å². The van der Waals surface area contributed by atoms with E-state index in [2.05, 4.69) is 41.0 Å². The molecule has 0 radical (unpaired) electrons. The SMILES string of the molecule is C[C@H]1C[C@H](C(=O)NC2CCN(c3ncccn3)CC2)CC(C)(C)C1. The van der Waals surface area contributed by atoms with Gasteiger partial charge in [0, 0.05) is 37.4 Å². The number of piperidine rings is 1. The Bertz CT molecular complexity index is 552. The van der Waals surface area contributed by atoms with Gasteiger partial charge in [0.15, 0.2) is 0 Å². The second kappa shape index (κ2) is 7.08. The minimum Gasteiger partial charge on any atom is -0.353 e. The van der Waals surface area contributed by atoms with Crippen LogP contribution in [0.1, 0.15) is 52.9 Å². The van der Waals surface area contributed by atoms with Crippen LogP contribution in [0.4, 0.5) is 5.95 Å². The number of carbonyl (C=O) groups is 1. The fourth-order valence-electron chi connectivity index (χ4n) is 4.54. The quantitative estimate of drug-likeness (QED) is 0.925. The largest absolute Gasteiger partial charge is 0.353 e. The molecule has 2 aliphatic rings. The molecular weight excluding hydrogens is 300 g/mol. The van der Waals surface area contributed by atoms with Crippen molar-refractivity contribution in [2.45, 2.75) is 58.9 Å². The molecule has 0 spiro atoms. The lowest BCUT2D eigenvalue weighted by molar-refractivity contribution is -0.128. The van der Waals surface area contributed by atoms with Crippen LogP contribution in [0.3, 0.4) is 0 Å². The van der Waals surface area contributed by atoms with Crippen molar-refractivity contribution in [2.75, 3.05) is 18.0 Å². The molecule has 1 aliphatic heterocycles. The van der Waals surface area contributed by atoms with E-state index in [9.17, 15) is 4.79 Å². The van der Waals surface area contributed by atoms with Crippen molar-refractivity contribution in [3.05, 3.63) is 18.5 Å². The van der Waals surface area contributed by atoms with Gasteiger partial charge < -0.3 is 10.2 Å². The van der Waals surface area contributed by atoms with Gasteiger partial charge in [0.2, 0.25) is 11.9 Å². The summed E-state index contributed by atoms with van der Waals surface area (Å²) in [4.78, 5) is 23.5. The van der Waals surface area contributed by atoms with E-state index in [0.29, 0.717) is 5.92 Å². The number of amides is 1. The van der Waals surface area contributed by atoms with Gasteiger partial charge in [-0.1, -0.05) is 20.8 Å². The lowest BCUT2D eigenvalue weighted by atomic mass is 9.68. The number of anilines is 1. The van der Waals surface area contributed by atoms with Gasteiger partial charge in [-0.25, -0.2) is 9.97 Å². The van der Waals surface area contributed by atoms with E-state index in [-0.39, 0.29) is 23.3 Å². The first kappa shape index (κ1) is 17.2. The van der Waals surface area contributed by atoms with Crippen molar-refractivity contribution in [3.8, 4) is 0 Å². The smallest absolute Gasteiger partial charge is 0.225 e. The molecule has 1 aromatic heterocycles. The molecule has 1 N–H and O–H groups in total. The summed E-state index contributed by atoms with van der Waals surface area (Å²) in [5.41, 5.74) is 0.285. The van der Waals surface area contributed by atoms with Crippen LogP contribution >= 0.6 is 0 Å². The molecule has 5 nitrogen and oxygen atoms in total. The van der Waals surface area contributed by atoms with E-state index in [1.165, 1.54) is 6.42 Å². The van der Waals surface area contributed by atoms with Crippen LogP contribution in [0, 0.1) is 17.3 Å². The molecule has 3 rings (SSSR count). The molecule has 1 saturated carbocycles. The highest BCUT2D eigenvalue weighted by Crippen LogP contribution is 2.41. The zero-order valence-electron chi connectivity index (χ0n) is 15.2. The average molecular weight is 330 g/mol. The Morgan fingerprint density at radius 3 is 2.50 bits per heavy atom. The molecular formula is C19H30N4O. The van der Waals surface area contributed by atoms with Crippen molar-refractivity contribution in [1.82, 2.24) is 15.3 Å². The fourth-order valence-corrected chi connectivity index (χ4v) is 4.54. The molecule has 0 bridgehead atoms. The first-order valence-corrected chi connectivity index (χ1v) is 9.25. The highest BCUT2D eigenvalue weighted by Gasteiger charge is 2.36. The van der Waals surface area contributed by atoms with Crippen LogP contribution in [0.15, 0.2) is 18.5 Å². The lowest BCUT2D eigenvalue weighted by Crippen LogP contribution is -2.48. The average Bonchev–Trinajstić information content (AvgIpc) is 2.54. The van der Waals surface area contributed by atoms with Crippen molar-refractivity contribution in [1.29, 1.82) is 0 Å². The van der Waals surface area contributed by atoms with Gasteiger partial charge in [-0.15, -0.1) is 0 Å². The van der Waals surface area contributed by atoms with E-state index in [0.717, 1.165) is 44.7 Å². The first-order valence-electron chi connectivity index (χ1n) is 9.25. The van der Waals surface area contributed by atoms with Crippen molar-refractivity contribution >= 4 is 11.9 Å². The maximum atomic E-state index is 12.7. The maximum Gasteiger partial charge on any atom is 0.225 e. The molecule has 2 atom stereocenters. The van der Waals surface area contributed by atoms with Crippen molar-refractivity contribution < 1.29 is 4.79 Å². The second-order valence-corrected chi connectivity index (χ2v) is 8.43. The summed E-state index contributed by atoms with van der Waals surface area (Å²) in [5.74, 6) is 1.88. The Balaban J connectivity index is 1.50. The third kappa shape index (κ3) is 4.25. The molecule has 1 saturated heterocycles. The van der Waals surface area contributed by atoms with Crippen LogP contribution in [-0.2, 0) is 4.79 Å². The van der Waals surface area contributed by atoms with Gasteiger partial charge in [-0.05, 0) is 49.5 Å². The van der Waals surface area contributed by atoms with Gasteiger partial charge >= 0.3 is 0 Å². The number of aromatic nitrogens is 2. The van der Waals surface area contributed by atoms with E-state index in [1.807, 2.05) is 6.07 Å². The topological polar surface area (TPSA) is 58.1 Å². The molecule has 0 unspecified atom stereocenters. The molecule has 1 aliphatic carbocycles. The monoisotopic (exact) mass is 330 g/mol. The van der Waals surface area contributed by atoms with Crippen LogP contribution in [0.5, 0.6) is 0 Å². The highest BCUT2D eigenvalue weighted by molar-refractivity contribution is 5.79. The predicted molar refractivity (Wildman–Crippen MR) is 95.7 cm³/mol. The molecule has 2 fully saturated rings. The van der Waals surface area contributed by atoms with Gasteiger partial charge in [0.1, 0.15) is 0 Å². The molecule has 5 heteroatoms. The number of carbonyl (C=O) groups excluding carboxylic acids is 1. The highest BCUT2D eigenvalue weighted by atomic mass is 16.1. The Morgan fingerprint density at radius 2 is 1.88 bits per heavy atom. The lowest BCUT2D eigenvalue weighted by Gasteiger charge is -2.39. The summed E-state index contributed by atoms with van der Waals surface area (Å²) in [5, 5.41) is 3.31. The summed E-state index contributed by atoms with van der Waals surface area (Å²) in [6.45, 7) is 8.67. The Kier molecular flexibility index (Phi) is 5.07. The minimum atomic E-state index is 0.180. The normalized spacial score (nSPS) is 27.7. The van der Waals surface area contributed by atoms with E-state index < -0.39 is 0 Å². The molecule has 1 amide bonds. The van der Waals surface area contributed by atoms with E-state index in [4.69, 9.17) is 0 Å². The van der Waals surface area contributed by atoms with Crippen LogP contribution in [0.25, 0.3) is 0 Å². The predicted octanol–water partition coefficient (Wildman–Crippen LogP) is 3.02. The summed E-state index contributed by atoms with van der Waals surface area (Å²) in [6.07, 6.45) is 8.77. The zero-order chi connectivity index (χ0) is 17.2. The van der Waals surface area contributed by atoms with Gasteiger partial charge in [0.05, 0.1) is 0 Å². The summed E-state index contributed by atoms with van der Waals surface area (Å²) >= 11 is 0. The van der Waals surface area contributed by atoms with Crippen LogP contribution < -0.4 is 10.2 Å². The standard InChI is InChI=1S/C19H30N4O/c1-14-11-15(13-19(2,3)12-14)17(24)22-16-5-9-23(10-6-16)18-20-7-4-8-21-18/h4,7-8,14-16H,5-6,9-13H2,1-3H3,(H,22,24)/t14-,15-/m0/s1. The second-order valence-electron chi connectivity index (χ2n) is 8.43. The molecule has 1 aromatic rings.